The van der Waals surface area contributed by atoms with Gasteiger partial charge in [-0.3, -0.25) is 0 Å². The van der Waals surface area contributed by atoms with E-state index in [1.165, 1.54) is 18.2 Å². The van der Waals surface area contributed by atoms with Crippen molar-refractivity contribution >= 4 is 37.8 Å². The molecule has 1 amide bonds. The summed E-state index contributed by atoms with van der Waals surface area (Å²) < 4.78 is 49.8. The first-order valence-corrected chi connectivity index (χ1v) is 13.0. The van der Waals surface area contributed by atoms with Crippen LogP contribution in [0.2, 0.25) is 0 Å². The fourth-order valence-electron chi connectivity index (χ4n) is 2.91. The van der Waals surface area contributed by atoms with Crippen LogP contribution in [0.5, 0.6) is 0 Å². The molecular formula is C21H23NO8S2. The third-order valence-corrected chi connectivity index (χ3v) is 7.55. The number of hydrogen-bond acceptors (Lipinski definition) is 8. The molecule has 2 N–H and O–H groups in total. The highest BCUT2D eigenvalue weighted by molar-refractivity contribution is 7.92. The van der Waals surface area contributed by atoms with E-state index in [1.54, 1.807) is 48.5 Å². The van der Waals surface area contributed by atoms with Crippen LogP contribution in [0, 0.1) is 0 Å². The van der Waals surface area contributed by atoms with Crippen LogP contribution in [0.15, 0.2) is 65.6 Å². The zero-order valence-corrected chi connectivity index (χ0v) is 18.8. The first kappa shape index (κ1) is 25.1. The average Bonchev–Trinajstić information content (AvgIpc) is 2.72. The second-order valence-corrected chi connectivity index (χ2v) is 11.2. The molecule has 0 aromatic heterocycles. The average molecular weight is 482 g/mol. The highest BCUT2D eigenvalue weighted by atomic mass is 32.2. The monoisotopic (exact) mass is 481 g/mol. The van der Waals surface area contributed by atoms with Crippen LogP contribution in [0.25, 0.3) is 6.08 Å². The molecule has 0 fully saturated rings. The van der Waals surface area contributed by atoms with Gasteiger partial charge in [-0.15, -0.1) is 0 Å². The molecule has 0 aliphatic rings. The number of primary amides is 1. The van der Waals surface area contributed by atoms with Crippen molar-refractivity contribution in [2.24, 2.45) is 5.73 Å². The summed E-state index contributed by atoms with van der Waals surface area (Å²) in [6.07, 6.45) is 1.89. The zero-order valence-electron chi connectivity index (χ0n) is 17.2. The standard InChI is InChI=1S/C21H23NO8S2/c1-31(25,26)19-12-6-5-10-17(19)11-7-13-32(27,28)18(14-16-8-3-2-4-9-16)15-20(23)29-30-21(22)24/h2-12,18H,13-15H2,1H3,(H2,22,24). The lowest BCUT2D eigenvalue weighted by Crippen LogP contribution is -2.30. The van der Waals surface area contributed by atoms with Gasteiger partial charge in [0.1, 0.15) is 0 Å². The highest BCUT2D eigenvalue weighted by Gasteiger charge is 2.29. The quantitative estimate of drug-likeness (QED) is 0.423. The van der Waals surface area contributed by atoms with E-state index in [2.05, 4.69) is 9.78 Å². The third-order valence-electron chi connectivity index (χ3n) is 4.37. The Kier molecular flexibility index (Phi) is 8.56. The van der Waals surface area contributed by atoms with Crippen molar-refractivity contribution in [3.63, 3.8) is 0 Å². The molecule has 0 aliphatic heterocycles. The van der Waals surface area contributed by atoms with E-state index in [9.17, 15) is 26.4 Å². The molecule has 0 radical (unpaired) electrons. The lowest BCUT2D eigenvalue weighted by atomic mass is 10.1. The number of nitrogens with two attached hydrogens (primary N) is 1. The zero-order chi connectivity index (χ0) is 23.8. The third kappa shape index (κ3) is 7.82. The van der Waals surface area contributed by atoms with Crippen LogP contribution >= 0.6 is 0 Å². The normalized spacial score (nSPS) is 12.9. The van der Waals surface area contributed by atoms with Crippen LogP contribution in [0.3, 0.4) is 0 Å². The van der Waals surface area contributed by atoms with Gasteiger partial charge in [0.2, 0.25) is 0 Å². The Morgan fingerprint density at radius 3 is 2.22 bits per heavy atom. The summed E-state index contributed by atoms with van der Waals surface area (Å²) in [5.41, 5.74) is 5.76. The first-order valence-electron chi connectivity index (χ1n) is 9.37. The molecule has 9 nitrogen and oxygen atoms in total. The number of rotatable bonds is 9. The van der Waals surface area contributed by atoms with E-state index < -0.39 is 49.2 Å². The number of benzene rings is 2. The Bertz CT molecular complexity index is 1190. The van der Waals surface area contributed by atoms with E-state index in [-0.39, 0.29) is 11.3 Å². The Hall–Kier alpha value is -3.18. The second kappa shape index (κ2) is 10.9. The SMILES string of the molecule is CS(=O)(=O)c1ccccc1C=CCS(=O)(=O)C(CC(=O)OOC(N)=O)Cc1ccccc1. The van der Waals surface area contributed by atoms with E-state index in [1.807, 2.05) is 0 Å². The Labute approximate surface area is 186 Å². The van der Waals surface area contributed by atoms with Crippen molar-refractivity contribution in [2.75, 3.05) is 12.0 Å². The number of carbonyl (C=O) groups excluding carboxylic acids is 2. The van der Waals surface area contributed by atoms with Gasteiger partial charge in [-0.2, -0.15) is 0 Å². The topological polar surface area (TPSA) is 147 Å². The minimum absolute atomic E-state index is 0.0165. The summed E-state index contributed by atoms with van der Waals surface area (Å²) in [4.78, 5) is 30.8. The molecule has 0 bridgehead atoms. The summed E-state index contributed by atoms with van der Waals surface area (Å²) in [6, 6.07) is 14.8. The van der Waals surface area contributed by atoms with Crippen molar-refractivity contribution in [1.82, 2.24) is 0 Å². The summed E-state index contributed by atoms with van der Waals surface area (Å²) in [5, 5.41) is -1.18. The lowest BCUT2D eigenvalue weighted by Gasteiger charge is -2.16. The molecule has 2 aromatic carbocycles. The fraction of sp³-hybridized carbons (Fsp3) is 0.238. The van der Waals surface area contributed by atoms with Crippen molar-refractivity contribution < 1.29 is 36.2 Å². The van der Waals surface area contributed by atoms with Gasteiger partial charge in [0.15, 0.2) is 19.7 Å². The van der Waals surface area contributed by atoms with Gasteiger partial charge in [0.05, 0.1) is 22.3 Å². The van der Waals surface area contributed by atoms with Crippen LogP contribution < -0.4 is 5.73 Å². The molecule has 2 aromatic rings. The summed E-state index contributed by atoms with van der Waals surface area (Å²) in [7, 11) is -7.38. The molecule has 1 atom stereocenters. The van der Waals surface area contributed by atoms with Crippen molar-refractivity contribution in [3.8, 4) is 0 Å². The lowest BCUT2D eigenvalue weighted by molar-refractivity contribution is -0.230. The minimum Gasteiger partial charge on any atom is -0.332 e. The molecule has 11 heteroatoms. The van der Waals surface area contributed by atoms with Crippen molar-refractivity contribution in [3.05, 3.63) is 71.8 Å². The predicted octanol–water partition coefficient (Wildman–Crippen LogP) is 2.07. The van der Waals surface area contributed by atoms with Crippen LogP contribution in [-0.4, -0.2) is 46.2 Å². The largest absolute Gasteiger partial charge is 0.447 e. The number of hydrogen-bond donors (Lipinski definition) is 1. The van der Waals surface area contributed by atoms with E-state index in [4.69, 9.17) is 5.73 Å². The maximum Gasteiger partial charge on any atom is 0.447 e. The molecule has 32 heavy (non-hydrogen) atoms. The van der Waals surface area contributed by atoms with Crippen LogP contribution in [-0.2, 0) is 40.7 Å². The van der Waals surface area contributed by atoms with E-state index in [0.717, 1.165) is 6.26 Å². The Morgan fingerprint density at radius 2 is 1.59 bits per heavy atom. The molecule has 0 saturated heterocycles. The molecule has 2 rings (SSSR count). The van der Waals surface area contributed by atoms with E-state index >= 15 is 0 Å². The molecule has 1 unspecified atom stereocenters. The van der Waals surface area contributed by atoms with Gasteiger partial charge in [-0.25, -0.2) is 36.2 Å². The maximum absolute atomic E-state index is 13.0. The Morgan fingerprint density at radius 1 is 0.969 bits per heavy atom. The summed E-state index contributed by atoms with van der Waals surface area (Å²) in [5.74, 6) is -1.52. The Balaban J connectivity index is 2.23. The molecular weight excluding hydrogens is 458 g/mol. The van der Waals surface area contributed by atoms with Gasteiger partial charge < -0.3 is 5.73 Å². The van der Waals surface area contributed by atoms with E-state index in [0.29, 0.717) is 11.1 Å². The van der Waals surface area contributed by atoms with Crippen molar-refractivity contribution in [2.45, 2.75) is 23.0 Å². The second-order valence-electron chi connectivity index (χ2n) is 6.92. The van der Waals surface area contributed by atoms with Crippen molar-refractivity contribution in [1.29, 1.82) is 0 Å². The summed E-state index contributed by atoms with van der Waals surface area (Å²) in [6.45, 7) is 0. The molecule has 0 spiro atoms. The van der Waals surface area contributed by atoms with Gasteiger partial charge in [0.25, 0.3) is 0 Å². The van der Waals surface area contributed by atoms with Crippen LogP contribution in [0.4, 0.5) is 4.79 Å². The minimum atomic E-state index is -3.88. The smallest absolute Gasteiger partial charge is 0.332 e. The van der Waals surface area contributed by atoms with Crippen LogP contribution in [0.1, 0.15) is 17.5 Å². The van der Waals surface area contributed by atoms with Gasteiger partial charge in [-0.05, 0) is 23.6 Å². The first-order chi connectivity index (χ1) is 15.0. The number of amides is 1. The highest BCUT2D eigenvalue weighted by Crippen LogP contribution is 2.19. The predicted molar refractivity (Wildman–Crippen MR) is 118 cm³/mol. The summed E-state index contributed by atoms with van der Waals surface area (Å²) >= 11 is 0. The molecule has 172 valence electrons. The van der Waals surface area contributed by atoms with Gasteiger partial charge in [0, 0.05) is 6.26 Å². The number of sulfone groups is 2. The maximum atomic E-state index is 13.0. The van der Waals surface area contributed by atoms with Gasteiger partial charge in [-0.1, -0.05) is 60.7 Å². The van der Waals surface area contributed by atoms with Gasteiger partial charge >= 0.3 is 12.1 Å². The molecule has 0 heterocycles. The fourth-order valence-corrected chi connectivity index (χ4v) is 5.27. The molecule has 0 aliphatic carbocycles. The molecule has 0 saturated carbocycles. The number of carbonyl (C=O) groups is 2.